The number of nitrogens with zero attached hydrogens (tertiary/aromatic N) is 4. The molecule has 0 radical (unpaired) electrons. The summed E-state index contributed by atoms with van der Waals surface area (Å²) in [6.45, 7) is 1.55. The molecule has 0 saturated heterocycles. The van der Waals surface area contributed by atoms with Crippen molar-refractivity contribution in [1.82, 2.24) is 19.5 Å². The van der Waals surface area contributed by atoms with Gasteiger partial charge in [0.05, 0.1) is 14.4 Å². The number of rotatable bonds is 2. The van der Waals surface area contributed by atoms with Gasteiger partial charge in [0, 0.05) is 18.0 Å². The molecule has 2 rings (SSSR count). The van der Waals surface area contributed by atoms with Gasteiger partial charge in [-0.2, -0.15) is 0 Å². The van der Waals surface area contributed by atoms with Crippen molar-refractivity contribution in [1.29, 1.82) is 0 Å². The van der Waals surface area contributed by atoms with Crippen molar-refractivity contribution >= 4 is 5.97 Å². The van der Waals surface area contributed by atoms with Crippen LogP contribution in [0.2, 0.25) is 0 Å². The zero-order chi connectivity index (χ0) is 13.4. The second-order valence-electron chi connectivity index (χ2n) is 2.75. The first-order chi connectivity index (χ1) is 8.40. The Hall–Kier alpha value is -1.24. The van der Waals surface area contributed by atoms with Crippen molar-refractivity contribution < 1.29 is 43.6 Å². The SMILES string of the molecule is [2H]c1nc([2H])n(-c2nc(C)cc(C(=O)[O-])n2)c1[2H].[Na+]. The van der Waals surface area contributed by atoms with E-state index in [0.29, 0.717) is 5.69 Å². The van der Waals surface area contributed by atoms with E-state index in [4.69, 9.17) is 4.11 Å². The third kappa shape index (κ3) is 2.66. The first kappa shape index (κ1) is 8.86. The van der Waals surface area contributed by atoms with Crippen LogP contribution in [0.5, 0.6) is 0 Å². The van der Waals surface area contributed by atoms with Gasteiger partial charge in [0.1, 0.15) is 7.67 Å². The number of aryl methyl sites for hydroxylation is 1. The zero-order valence-electron chi connectivity index (χ0n) is 11.7. The van der Waals surface area contributed by atoms with Crippen molar-refractivity contribution in [2.75, 3.05) is 0 Å². The van der Waals surface area contributed by atoms with Crippen LogP contribution in [-0.2, 0) is 0 Å². The van der Waals surface area contributed by atoms with Gasteiger partial charge in [0.15, 0.2) is 0 Å². The van der Waals surface area contributed by atoms with E-state index in [9.17, 15) is 9.90 Å². The molecule has 0 N–H and O–H groups in total. The van der Waals surface area contributed by atoms with E-state index in [-0.39, 0.29) is 47.4 Å². The van der Waals surface area contributed by atoms with E-state index in [2.05, 4.69) is 15.0 Å². The van der Waals surface area contributed by atoms with Gasteiger partial charge in [-0.3, -0.25) is 4.57 Å². The summed E-state index contributed by atoms with van der Waals surface area (Å²) in [4.78, 5) is 21.8. The van der Waals surface area contributed by atoms with Crippen LogP contribution < -0.4 is 34.7 Å². The minimum Gasteiger partial charge on any atom is -0.543 e. The van der Waals surface area contributed by atoms with Crippen LogP contribution in [0, 0.1) is 6.92 Å². The van der Waals surface area contributed by atoms with Crippen LogP contribution in [0.1, 0.15) is 20.3 Å². The van der Waals surface area contributed by atoms with Crippen LogP contribution in [0.25, 0.3) is 5.95 Å². The molecule has 0 bridgehead atoms. The Morgan fingerprint density at radius 2 is 2.31 bits per heavy atom. The Morgan fingerprint density at radius 3 is 2.88 bits per heavy atom. The number of aromatic carboxylic acids is 1. The predicted molar refractivity (Wildman–Crippen MR) is 48.2 cm³/mol. The van der Waals surface area contributed by atoms with E-state index < -0.39 is 18.4 Å². The average Bonchev–Trinajstić information content (AvgIpc) is 2.52. The van der Waals surface area contributed by atoms with Crippen LogP contribution in [0.4, 0.5) is 0 Å². The fraction of sp³-hybridized carbons (Fsp3) is 0.111. The molecule has 0 amide bonds. The number of imidazole rings is 1. The first-order valence-electron chi connectivity index (χ1n) is 5.50. The number of carbonyl (C=O) groups is 1. The maximum absolute atomic E-state index is 10.8. The van der Waals surface area contributed by atoms with Crippen LogP contribution in [-0.4, -0.2) is 25.5 Å². The molecule has 76 valence electrons. The third-order valence-corrected chi connectivity index (χ3v) is 1.62. The Kier molecular flexibility index (Phi) is 2.88. The fourth-order valence-corrected chi connectivity index (χ4v) is 1.03. The molecule has 2 heterocycles. The van der Waals surface area contributed by atoms with Crippen molar-refractivity contribution in [2.45, 2.75) is 6.92 Å². The monoisotopic (exact) mass is 229 g/mol. The molecule has 0 atom stereocenters. The summed E-state index contributed by atoms with van der Waals surface area (Å²) >= 11 is 0. The molecule has 6 nitrogen and oxygen atoms in total. The largest absolute Gasteiger partial charge is 1.00 e. The van der Waals surface area contributed by atoms with Crippen LogP contribution in [0.3, 0.4) is 0 Å². The molecule has 16 heavy (non-hydrogen) atoms. The van der Waals surface area contributed by atoms with Gasteiger partial charge in [-0.15, -0.1) is 0 Å². The molecule has 0 fully saturated rings. The molecule has 0 aliphatic carbocycles. The van der Waals surface area contributed by atoms with Crippen molar-refractivity contribution in [3.63, 3.8) is 0 Å². The molecule has 0 aromatic carbocycles. The van der Waals surface area contributed by atoms with Crippen molar-refractivity contribution in [3.8, 4) is 5.95 Å². The fourth-order valence-electron chi connectivity index (χ4n) is 1.03. The van der Waals surface area contributed by atoms with E-state index in [1.807, 2.05) is 0 Å². The van der Waals surface area contributed by atoms with E-state index in [0.717, 1.165) is 4.57 Å². The maximum atomic E-state index is 10.8. The molecular formula is C9H7N4NaO2. The Bertz CT molecular complexity index is 647. The quantitative estimate of drug-likeness (QED) is 0.496. The Labute approximate surface area is 118 Å². The summed E-state index contributed by atoms with van der Waals surface area (Å²) in [7, 11) is 0. The van der Waals surface area contributed by atoms with Gasteiger partial charge in [-0.25, -0.2) is 15.0 Å². The van der Waals surface area contributed by atoms with Gasteiger partial charge in [-0.05, 0) is 13.0 Å². The molecule has 0 spiro atoms. The number of carbonyl (C=O) groups excluding carboxylic acids is 1. The summed E-state index contributed by atoms with van der Waals surface area (Å²) in [5, 5.41) is 10.8. The molecule has 2 aromatic rings. The summed E-state index contributed by atoms with van der Waals surface area (Å²) in [5.41, 5.74) is -0.00485. The van der Waals surface area contributed by atoms with Crippen LogP contribution in [0.15, 0.2) is 24.7 Å². The second kappa shape index (κ2) is 5.20. The predicted octanol–water partition coefficient (Wildman–Crippen LogP) is -3.66. The maximum Gasteiger partial charge on any atom is 1.00 e. The zero-order valence-corrected chi connectivity index (χ0v) is 10.7. The second-order valence-corrected chi connectivity index (χ2v) is 2.75. The number of aromatic nitrogens is 4. The van der Waals surface area contributed by atoms with Crippen molar-refractivity contribution in [2.24, 2.45) is 0 Å². The van der Waals surface area contributed by atoms with Gasteiger partial charge in [0.2, 0.25) is 5.95 Å². The van der Waals surface area contributed by atoms with Gasteiger partial charge in [0.25, 0.3) is 0 Å². The average molecular weight is 229 g/mol. The molecule has 0 unspecified atom stereocenters. The molecule has 7 heteroatoms. The summed E-state index contributed by atoms with van der Waals surface area (Å²) in [5.74, 6) is -1.67. The van der Waals surface area contributed by atoms with E-state index in [1.54, 1.807) is 6.92 Å². The molecular weight excluding hydrogens is 219 g/mol. The number of carboxylic acid groups (broad SMARTS) is 1. The number of carboxylic acids is 1. The number of hydrogen-bond acceptors (Lipinski definition) is 5. The van der Waals surface area contributed by atoms with Gasteiger partial charge < -0.3 is 9.90 Å². The Morgan fingerprint density at radius 1 is 1.56 bits per heavy atom. The first-order valence-corrected chi connectivity index (χ1v) is 4.00. The van der Waals surface area contributed by atoms with E-state index in [1.165, 1.54) is 6.07 Å². The van der Waals surface area contributed by atoms with Crippen molar-refractivity contribution in [3.05, 3.63) is 36.1 Å². The number of hydrogen-bond donors (Lipinski definition) is 0. The summed E-state index contributed by atoms with van der Waals surface area (Å²) in [6, 6.07) is 1.21. The summed E-state index contributed by atoms with van der Waals surface area (Å²) < 4.78 is 23.2. The van der Waals surface area contributed by atoms with E-state index >= 15 is 0 Å². The topological polar surface area (TPSA) is 83.7 Å². The molecule has 0 aliphatic rings. The van der Waals surface area contributed by atoms with Crippen LogP contribution >= 0.6 is 0 Å². The van der Waals surface area contributed by atoms with Gasteiger partial charge >= 0.3 is 29.6 Å². The summed E-state index contributed by atoms with van der Waals surface area (Å²) in [6.07, 6.45) is -1.19. The minimum atomic E-state index is -1.48. The van der Waals surface area contributed by atoms with Gasteiger partial charge in [-0.1, -0.05) is 0 Å². The molecule has 2 aromatic heterocycles. The molecule has 0 saturated carbocycles. The normalized spacial score (nSPS) is 12.2. The minimum absolute atomic E-state index is 0. The standard InChI is InChI=1S/C9H8N4O2.Na/c1-6-4-7(8(14)15)12-9(11-6)13-3-2-10-5-13;/h2-5H,1H3,(H,14,15);/q;+1/p-1/i2D,3D,5D;. The Balaban J connectivity index is 0.00000180. The smallest absolute Gasteiger partial charge is 0.543 e. The molecule has 0 aliphatic heterocycles. The third-order valence-electron chi connectivity index (χ3n) is 1.62.